The molecule has 1 fully saturated rings. The number of aliphatic hydroxyl groups excluding tert-OH is 1. The Balaban J connectivity index is 1.87. The van der Waals surface area contributed by atoms with Crippen LogP contribution in [0.5, 0.6) is 11.5 Å². The van der Waals surface area contributed by atoms with Crippen molar-refractivity contribution in [3.05, 3.63) is 23.3 Å². The molecule has 3 rings (SSSR count). The van der Waals surface area contributed by atoms with Gasteiger partial charge in [0.2, 0.25) is 0 Å². The third-order valence-corrected chi connectivity index (χ3v) is 5.37. The third kappa shape index (κ3) is 3.20. The first-order chi connectivity index (χ1) is 11.0. The van der Waals surface area contributed by atoms with E-state index in [1.807, 2.05) is 0 Å². The number of fused-ring (bicyclic) bond motifs is 3. The van der Waals surface area contributed by atoms with Gasteiger partial charge in [-0.15, -0.1) is 0 Å². The van der Waals surface area contributed by atoms with Crippen LogP contribution in [0.25, 0.3) is 0 Å². The Morgan fingerprint density at radius 2 is 1.91 bits per heavy atom. The van der Waals surface area contributed by atoms with Crippen molar-refractivity contribution in [1.82, 2.24) is 4.90 Å². The second-order valence-corrected chi connectivity index (χ2v) is 7.36. The van der Waals surface area contributed by atoms with Gasteiger partial charge in [-0.05, 0) is 54.4 Å². The van der Waals surface area contributed by atoms with Crippen molar-refractivity contribution in [1.29, 1.82) is 0 Å². The van der Waals surface area contributed by atoms with Crippen LogP contribution in [-0.2, 0) is 6.42 Å². The van der Waals surface area contributed by atoms with Crippen LogP contribution in [0.3, 0.4) is 0 Å². The third-order valence-electron chi connectivity index (χ3n) is 5.37. The summed E-state index contributed by atoms with van der Waals surface area (Å²) in [5.74, 6) is 2.61. The van der Waals surface area contributed by atoms with E-state index < -0.39 is 0 Å². The lowest BCUT2D eigenvalue weighted by Gasteiger charge is -2.46. The van der Waals surface area contributed by atoms with E-state index in [0.717, 1.165) is 43.9 Å². The Kier molecular flexibility index (Phi) is 4.83. The first-order valence-corrected chi connectivity index (χ1v) is 8.70. The first kappa shape index (κ1) is 16.6. The molecule has 128 valence electrons. The SMILES string of the molecule is COc1cc2c(cc1OC)C1C[C@@H](O)C(CC(C)C)CN1CC2. The Morgan fingerprint density at radius 1 is 1.22 bits per heavy atom. The molecule has 0 radical (unpaired) electrons. The fourth-order valence-electron chi connectivity index (χ4n) is 4.26. The summed E-state index contributed by atoms with van der Waals surface area (Å²) in [4.78, 5) is 2.55. The first-order valence-electron chi connectivity index (χ1n) is 8.70. The Hall–Kier alpha value is -1.26. The molecule has 1 aromatic rings. The van der Waals surface area contributed by atoms with Crippen molar-refractivity contribution in [3.63, 3.8) is 0 Å². The smallest absolute Gasteiger partial charge is 0.161 e. The van der Waals surface area contributed by atoms with Crippen LogP contribution in [-0.4, -0.2) is 43.4 Å². The van der Waals surface area contributed by atoms with E-state index in [0.29, 0.717) is 17.9 Å². The molecular formula is C19H29NO3. The van der Waals surface area contributed by atoms with Gasteiger partial charge in [-0.2, -0.15) is 0 Å². The van der Waals surface area contributed by atoms with E-state index >= 15 is 0 Å². The van der Waals surface area contributed by atoms with Crippen LogP contribution < -0.4 is 9.47 Å². The zero-order valence-electron chi connectivity index (χ0n) is 14.7. The molecule has 1 aromatic carbocycles. The van der Waals surface area contributed by atoms with E-state index in [9.17, 15) is 5.11 Å². The van der Waals surface area contributed by atoms with Gasteiger partial charge in [0.1, 0.15) is 0 Å². The molecule has 23 heavy (non-hydrogen) atoms. The number of methoxy groups -OCH3 is 2. The summed E-state index contributed by atoms with van der Waals surface area (Å²) in [7, 11) is 3.36. The minimum atomic E-state index is -0.210. The van der Waals surface area contributed by atoms with Crippen LogP contribution in [0, 0.1) is 11.8 Å². The maximum absolute atomic E-state index is 10.6. The number of rotatable bonds is 4. The van der Waals surface area contributed by atoms with Gasteiger partial charge in [0.25, 0.3) is 0 Å². The highest BCUT2D eigenvalue weighted by Crippen LogP contribution is 2.43. The summed E-state index contributed by atoms with van der Waals surface area (Å²) in [6.07, 6.45) is 2.75. The lowest BCUT2D eigenvalue weighted by Crippen LogP contribution is -2.48. The molecule has 4 heteroatoms. The lowest BCUT2D eigenvalue weighted by atomic mass is 9.79. The van der Waals surface area contributed by atoms with E-state index in [1.54, 1.807) is 14.2 Å². The zero-order valence-corrected chi connectivity index (χ0v) is 14.7. The van der Waals surface area contributed by atoms with Crippen LogP contribution in [0.15, 0.2) is 12.1 Å². The highest BCUT2D eigenvalue weighted by molar-refractivity contribution is 5.49. The van der Waals surface area contributed by atoms with Gasteiger partial charge in [-0.3, -0.25) is 4.90 Å². The Labute approximate surface area is 139 Å². The molecule has 0 bridgehead atoms. The molecule has 2 aliphatic rings. The molecule has 3 atom stereocenters. The minimum Gasteiger partial charge on any atom is -0.493 e. The molecule has 0 aliphatic carbocycles. The Morgan fingerprint density at radius 3 is 2.57 bits per heavy atom. The van der Waals surface area contributed by atoms with Gasteiger partial charge >= 0.3 is 0 Å². The number of ether oxygens (including phenoxy) is 2. The van der Waals surface area contributed by atoms with E-state index in [4.69, 9.17) is 9.47 Å². The van der Waals surface area contributed by atoms with Gasteiger partial charge in [-0.1, -0.05) is 13.8 Å². The summed E-state index contributed by atoms with van der Waals surface area (Å²) in [6.45, 7) is 6.54. The molecule has 1 N–H and O–H groups in total. The largest absolute Gasteiger partial charge is 0.493 e. The van der Waals surface area contributed by atoms with Crippen molar-refractivity contribution < 1.29 is 14.6 Å². The highest BCUT2D eigenvalue weighted by atomic mass is 16.5. The monoisotopic (exact) mass is 319 g/mol. The quantitative estimate of drug-likeness (QED) is 0.926. The summed E-state index contributed by atoms with van der Waals surface area (Å²) >= 11 is 0. The molecule has 2 heterocycles. The zero-order chi connectivity index (χ0) is 16.6. The van der Waals surface area contributed by atoms with Crippen molar-refractivity contribution in [2.75, 3.05) is 27.3 Å². The van der Waals surface area contributed by atoms with Gasteiger partial charge < -0.3 is 14.6 Å². The number of piperidine rings is 1. The summed E-state index contributed by atoms with van der Waals surface area (Å²) in [6, 6.07) is 4.52. The average Bonchev–Trinajstić information content (AvgIpc) is 2.53. The summed E-state index contributed by atoms with van der Waals surface area (Å²) in [5, 5.41) is 10.6. The predicted octanol–water partition coefficient (Wildman–Crippen LogP) is 3.03. The highest BCUT2D eigenvalue weighted by Gasteiger charge is 2.38. The predicted molar refractivity (Wildman–Crippen MR) is 91.1 cm³/mol. The molecule has 0 amide bonds. The standard InChI is InChI=1S/C19H29NO3/c1-12(2)7-14-11-20-6-5-13-8-18(22-3)19(23-4)9-15(13)16(20)10-17(14)21/h8-9,12,14,16-17,21H,5-7,10-11H2,1-4H3/t14?,16?,17-/m1/s1. The molecule has 2 aliphatic heterocycles. The number of benzene rings is 1. The number of hydrogen-bond acceptors (Lipinski definition) is 4. The van der Waals surface area contributed by atoms with Crippen molar-refractivity contribution >= 4 is 0 Å². The van der Waals surface area contributed by atoms with Crippen LogP contribution in [0.1, 0.15) is 43.9 Å². The van der Waals surface area contributed by atoms with Crippen LogP contribution in [0.2, 0.25) is 0 Å². The summed E-state index contributed by atoms with van der Waals surface area (Å²) in [5.41, 5.74) is 2.63. The van der Waals surface area contributed by atoms with Crippen molar-refractivity contribution in [2.45, 2.75) is 45.3 Å². The fourth-order valence-corrected chi connectivity index (χ4v) is 4.26. The van der Waals surface area contributed by atoms with E-state index in [-0.39, 0.29) is 6.10 Å². The minimum absolute atomic E-state index is 0.210. The lowest BCUT2D eigenvalue weighted by molar-refractivity contribution is -0.0191. The molecule has 4 nitrogen and oxygen atoms in total. The Bertz CT molecular complexity index is 558. The molecule has 0 saturated carbocycles. The maximum Gasteiger partial charge on any atom is 0.161 e. The van der Waals surface area contributed by atoms with Crippen LogP contribution in [0.4, 0.5) is 0 Å². The maximum atomic E-state index is 10.6. The second kappa shape index (κ2) is 6.70. The van der Waals surface area contributed by atoms with Crippen molar-refractivity contribution in [3.8, 4) is 11.5 Å². The van der Waals surface area contributed by atoms with Gasteiger partial charge in [0, 0.05) is 19.1 Å². The molecule has 1 saturated heterocycles. The van der Waals surface area contributed by atoms with Crippen molar-refractivity contribution in [2.24, 2.45) is 11.8 Å². The molecule has 0 spiro atoms. The topological polar surface area (TPSA) is 41.9 Å². The fraction of sp³-hybridized carbons (Fsp3) is 0.684. The molecule has 2 unspecified atom stereocenters. The van der Waals surface area contributed by atoms with E-state index in [1.165, 1.54) is 11.1 Å². The molecule has 0 aromatic heterocycles. The van der Waals surface area contributed by atoms with Gasteiger partial charge in [-0.25, -0.2) is 0 Å². The number of nitrogens with zero attached hydrogens (tertiary/aromatic N) is 1. The van der Waals surface area contributed by atoms with E-state index in [2.05, 4.69) is 30.9 Å². The number of aliphatic hydroxyl groups is 1. The average molecular weight is 319 g/mol. The summed E-state index contributed by atoms with van der Waals surface area (Å²) < 4.78 is 10.9. The van der Waals surface area contributed by atoms with Gasteiger partial charge in [0.15, 0.2) is 11.5 Å². The molecular weight excluding hydrogens is 290 g/mol. The second-order valence-electron chi connectivity index (χ2n) is 7.36. The number of hydrogen-bond donors (Lipinski definition) is 1. The van der Waals surface area contributed by atoms with Crippen LogP contribution >= 0.6 is 0 Å². The normalized spacial score (nSPS) is 27.5. The van der Waals surface area contributed by atoms with Gasteiger partial charge in [0.05, 0.1) is 20.3 Å².